The maximum atomic E-state index is 4.56. The van der Waals surface area contributed by atoms with Crippen molar-refractivity contribution in [2.75, 3.05) is 37.6 Å². The van der Waals surface area contributed by atoms with Gasteiger partial charge < -0.3 is 9.80 Å². The van der Waals surface area contributed by atoms with Crippen LogP contribution in [-0.2, 0) is 0 Å². The smallest absolute Gasteiger partial charge is 0.133 e. The molecule has 2 aliphatic heterocycles. The van der Waals surface area contributed by atoms with Crippen LogP contribution in [-0.4, -0.2) is 47.6 Å². The average Bonchev–Trinajstić information content (AvgIpc) is 2.91. The standard InChI is InChI=1S/C15H23BrN4/c1-12-17-14(16)10-15(18-12)20-8-4-13(5-9-20)11-19-6-2-3-7-19/h10,13H,2-9,11H2,1H3. The monoisotopic (exact) mass is 338 g/mol. The number of anilines is 1. The topological polar surface area (TPSA) is 32.3 Å². The number of likely N-dealkylation sites (tertiary alicyclic amines) is 1. The maximum Gasteiger partial charge on any atom is 0.133 e. The number of aryl methyl sites for hydroxylation is 1. The molecule has 0 aromatic carbocycles. The number of aromatic nitrogens is 2. The molecule has 4 nitrogen and oxygen atoms in total. The highest BCUT2D eigenvalue weighted by Crippen LogP contribution is 2.25. The summed E-state index contributed by atoms with van der Waals surface area (Å²) in [5, 5.41) is 0. The molecule has 0 amide bonds. The first-order valence-electron chi connectivity index (χ1n) is 7.69. The van der Waals surface area contributed by atoms with E-state index in [1.807, 2.05) is 13.0 Å². The first-order chi connectivity index (χ1) is 9.70. The first-order valence-corrected chi connectivity index (χ1v) is 8.48. The van der Waals surface area contributed by atoms with E-state index in [9.17, 15) is 0 Å². The first kappa shape index (κ1) is 14.3. The van der Waals surface area contributed by atoms with E-state index >= 15 is 0 Å². The Labute approximate surface area is 129 Å². The van der Waals surface area contributed by atoms with Gasteiger partial charge in [-0.05, 0) is 67.5 Å². The Balaban J connectivity index is 1.55. The molecule has 3 heterocycles. The lowest BCUT2D eigenvalue weighted by atomic mass is 9.96. The van der Waals surface area contributed by atoms with Crippen LogP contribution in [0, 0.1) is 12.8 Å². The summed E-state index contributed by atoms with van der Waals surface area (Å²) < 4.78 is 0.888. The molecule has 3 rings (SSSR count). The third-order valence-corrected chi connectivity index (χ3v) is 4.85. The Bertz CT molecular complexity index is 431. The number of rotatable bonds is 3. The number of halogens is 1. The van der Waals surface area contributed by atoms with Crippen molar-refractivity contribution < 1.29 is 0 Å². The van der Waals surface area contributed by atoms with Crippen LogP contribution in [0.2, 0.25) is 0 Å². The summed E-state index contributed by atoms with van der Waals surface area (Å²) in [6.07, 6.45) is 5.37. The van der Waals surface area contributed by atoms with E-state index in [1.165, 1.54) is 45.3 Å². The molecule has 0 N–H and O–H groups in total. The van der Waals surface area contributed by atoms with Crippen LogP contribution in [0.5, 0.6) is 0 Å². The van der Waals surface area contributed by atoms with Gasteiger partial charge in [0.25, 0.3) is 0 Å². The Kier molecular flexibility index (Phi) is 4.56. The molecular weight excluding hydrogens is 316 g/mol. The molecule has 20 heavy (non-hydrogen) atoms. The summed E-state index contributed by atoms with van der Waals surface area (Å²) in [7, 11) is 0. The van der Waals surface area contributed by atoms with Crippen molar-refractivity contribution in [1.29, 1.82) is 0 Å². The molecule has 0 radical (unpaired) electrons. The highest BCUT2D eigenvalue weighted by molar-refractivity contribution is 9.10. The second-order valence-corrected chi connectivity index (χ2v) is 6.85. The fourth-order valence-corrected chi connectivity index (χ4v) is 3.81. The van der Waals surface area contributed by atoms with Gasteiger partial charge in [0.15, 0.2) is 0 Å². The minimum absolute atomic E-state index is 0.841. The zero-order valence-electron chi connectivity index (χ0n) is 12.2. The fourth-order valence-electron chi connectivity index (χ4n) is 3.35. The van der Waals surface area contributed by atoms with Crippen molar-refractivity contribution >= 4 is 21.7 Å². The molecule has 0 saturated carbocycles. The van der Waals surface area contributed by atoms with Gasteiger partial charge in [-0.2, -0.15) is 0 Å². The zero-order chi connectivity index (χ0) is 13.9. The highest BCUT2D eigenvalue weighted by Gasteiger charge is 2.23. The molecular formula is C15H23BrN4. The van der Waals surface area contributed by atoms with Crippen molar-refractivity contribution in [2.45, 2.75) is 32.6 Å². The van der Waals surface area contributed by atoms with Crippen LogP contribution in [0.15, 0.2) is 10.7 Å². The number of piperidine rings is 1. The summed E-state index contributed by atoms with van der Waals surface area (Å²) in [4.78, 5) is 13.9. The molecule has 1 aromatic heterocycles. The number of hydrogen-bond acceptors (Lipinski definition) is 4. The highest BCUT2D eigenvalue weighted by atomic mass is 79.9. The molecule has 0 atom stereocenters. The van der Waals surface area contributed by atoms with Gasteiger partial charge in [-0.25, -0.2) is 9.97 Å². The second kappa shape index (κ2) is 6.39. The largest absolute Gasteiger partial charge is 0.356 e. The third kappa shape index (κ3) is 3.50. The Morgan fingerprint density at radius 2 is 1.85 bits per heavy atom. The van der Waals surface area contributed by atoms with Crippen LogP contribution >= 0.6 is 15.9 Å². The van der Waals surface area contributed by atoms with Crippen LogP contribution in [0.25, 0.3) is 0 Å². The van der Waals surface area contributed by atoms with Gasteiger partial charge >= 0.3 is 0 Å². The molecule has 2 aliphatic rings. The van der Waals surface area contributed by atoms with Crippen molar-refractivity contribution in [2.24, 2.45) is 5.92 Å². The van der Waals surface area contributed by atoms with Gasteiger partial charge in [-0.15, -0.1) is 0 Å². The van der Waals surface area contributed by atoms with E-state index in [4.69, 9.17) is 0 Å². The van der Waals surface area contributed by atoms with E-state index in [0.717, 1.165) is 35.3 Å². The molecule has 0 aliphatic carbocycles. The fraction of sp³-hybridized carbons (Fsp3) is 0.733. The van der Waals surface area contributed by atoms with Gasteiger partial charge in [0, 0.05) is 25.7 Å². The molecule has 5 heteroatoms. The van der Waals surface area contributed by atoms with Gasteiger partial charge in [0.2, 0.25) is 0 Å². The predicted octanol–water partition coefficient (Wildman–Crippen LogP) is 2.86. The lowest BCUT2D eigenvalue weighted by Crippen LogP contribution is -2.38. The van der Waals surface area contributed by atoms with E-state index in [1.54, 1.807) is 0 Å². The molecule has 0 bridgehead atoms. The van der Waals surface area contributed by atoms with Gasteiger partial charge in [0.05, 0.1) is 0 Å². The van der Waals surface area contributed by atoms with Crippen LogP contribution < -0.4 is 4.90 Å². The quantitative estimate of drug-likeness (QED) is 0.793. The van der Waals surface area contributed by atoms with E-state index < -0.39 is 0 Å². The lowest BCUT2D eigenvalue weighted by Gasteiger charge is -2.34. The van der Waals surface area contributed by atoms with Crippen molar-refractivity contribution in [1.82, 2.24) is 14.9 Å². The Morgan fingerprint density at radius 3 is 2.50 bits per heavy atom. The van der Waals surface area contributed by atoms with Crippen LogP contribution in [0.4, 0.5) is 5.82 Å². The average molecular weight is 339 g/mol. The minimum atomic E-state index is 0.841. The van der Waals surface area contributed by atoms with Gasteiger partial charge in [0.1, 0.15) is 16.2 Å². The van der Waals surface area contributed by atoms with Crippen LogP contribution in [0.3, 0.4) is 0 Å². The molecule has 2 saturated heterocycles. The summed E-state index contributed by atoms with van der Waals surface area (Å²) in [6, 6.07) is 2.04. The zero-order valence-corrected chi connectivity index (χ0v) is 13.8. The summed E-state index contributed by atoms with van der Waals surface area (Å²) in [6.45, 7) is 8.15. The molecule has 0 unspecified atom stereocenters. The third-order valence-electron chi connectivity index (χ3n) is 4.45. The summed E-state index contributed by atoms with van der Waals surface area (Å²) >= 11 is 3.47. The lowest BCUT2D eigenvalue weighted by molar-refractivity contribution is 0.249. The minimum Gasteiger partial charge on any atom is -0.356 e. The van der Waals surface area contributed by atoms with Crippen LogP contribution in [0.1, 0.15) is 31.5 Å². The molecule has 1 aromatic rings. The van der Waals surface area contributed by atoms with E-state index in [-0.39, 0.29) is 0 Å². The second-order valence-electron chi connectivity index (χ2n) is 6.03. The van der Waals surface area contributed by atoms with Gasteiger partial charge in [-0.1, -0.05) is 0 Å². The van der Waals surface area contributed by atoms with Crippen molar-refractivity contribution in [3.8, 4) is 0 Å². The Morgan fingerprint density at radius 1 is 1.15 bits per heavy atom. The molecule has 110 valence electrons. The van der Waals surface area contributed by atoms with Crippen molar-refractivity contribution in [3.05, 3.63) is 16.5 Å². The summed E-state index contributed by atoms with van der Waals surface area (Å²) in [5.41, 5.74) is 0. The van der Waals surface area contributed by atoms with E-state index in [2.05, 4.69) is 35.7 Å². The van der Waals surface area contributed by atoms with Crippen molar-refractivity contribution in [3.63, 3.8) is 0 Å². The number of nitrogens with zero attached hydrogens (tertiary/aromatic N) is 4. The normalized spacial score (nSPS) is 21.6. The maximum absolute atomic E-state index is 4.56. The molecule has 0 spiro atoms. The number of hydrogen-bond donors (Lipinski definition) is 0. The van der Waals surface area contributed by atoms with E-state index in [0.29, 0.717) is 0 Å². The Hall–Kier alpha value is -0.680. The summed E-state index contributed by atoms with van der Waals surface area (Å²) in [5.74, 6) is 2.79. The molecule has 2 fully saturated rings. The predicted molar refractivity (Wildman–Crippen MR) is 85.1 cm³/mol. The van der Waals surface area contributed by atoms with Gasteiger partial charge in [-0.3, -0.25) is 0 Å². The SMILES string of the molecule is Cc1nc(Br)cc(N2CCC(CN3CCCC3)CC2)n1.